The number of halogens is 1. The van der Waals surface area contributed by atoms with Gasteiger partial charge in [0.25, 0.3) is 0 Å². The topological polar surface area (TPSA) is 59.4 Å². The van der Waals surface area contributed by atoms with Crippen LogP contribution in [-0.2, 0) is 11.3 Å². The van der Waals surface area contributed by atoms with Crippen LogP contribution in [0.15, 0.2) is 53.0 Å². The van der Waals surface area contributed by atoms with Gasteiger partial charge in [-0.05, 0) is 63.4 Å². The number of hydrogen-bond acceptors (Lipinski definition) is 4. The lowest BCUT2D eigenvalue weighted by Crippen LogP contribution is -2.49. The van der Waals surface area contributed by atoms with Crippen LogP contribution in [0.5, 0.6) is 0 Å². The Hall–Kier alpha value is -2.54. The largest absolute Gasteiger partial charge is 0.444 e. The average molecular weight is 485 g/mol. The van der Waals surface area contributed by atoms with Gasteiger partial charge in [-0.25, -0.2) is 9.78 Å². The van der Waals surface area contributed by atoms with E-state index in [2.05, 4.69) is 73.2 Å². The maximum Gasteiger partial charge on any atom is 0.407 e. The first-order valence-electron chi connectivity index (χ1n) is 10.7. The number of amides is 1. The fourth-order valence-corrected chi connectivity index (χ4v) is 4.25. The van der Waals surface area contributed by atoms with Crippen molar-refractivity contribution in [1.82, 2.24) is 14.9 Å². The van der Waals surface area contributed by atoms with Gasteiger partial charge in [-0.15, -0.1) is 0 Å². The number of para-hydroxylation sites is 2. The molecule has 4 rings (SSSR count). The van der Waals surface area contributed by atoms with Crippen LogP contribution in [0.4, 0.5) is 10.7 Å². The van der Waals surface area contributed by atoms with E-state index in [-0.39, 0.29) is 12.1 Å². The molecule has 1 aliphatic heterocycles. The minimum atomic E-state index is -0.503. The van der Waals surface area contributed by atoms with Gasteiger partial charge in [-0.3, -0.25) is 0 Å². The standard InChI is InChI=1S/C24H29BrN4O2/c1-24(2,3)31-23(30)26-19-7-6-14-28(16-19)22-27-20-8-4-5-9-21(20)29(22)15-17-10-12-18(25)13-11-17/h4-5,8-13,19H,6-7,14-16H2,1-3H3,(H,26,30)/t19-/m1/s1. The predicted octanol–water partition coefficient (Wildman–Crippen LogP) is 5.34. The van der Waals surface area contributed by atoms with Crippen molar-refractivity contribution in [2.45, 2.75) is 51.8 Å². The Bertz CT molecular complexity index is 1060. The van der Waals surface area contributed by atoms with Gasteiger partial charge in [0.05, 0.1) is 17.6 Å². The summed E-state index contributed by atoms with van der Waals surface area (Å²) in [6.45, 7) is 8.00. The van der Waals surface area contributed by atoms with Crippen LogP contribution in [0.1, 0.15) is 39.2 Å². The molecule has 0 radical (unpaired) electrons. The van der Waals surface area contributed by atoms with E-state index >= 15 is 0 Å². The lowest BCUT2D eigenvalue weighted by molar-refractivity contribution is 0.0500. The third-order valence-corrected chi connectivity index (χ3v) is 5.84. The van der Waals surface area contributed by atoms with Crippen LogP contribution < -0.4 is 10.2 Å². The van der Waals surface area contributed by atoms with Gasteiger partial charge in [-0.2, -0.15) is 0 Å². The highest BCUT2D eigenvalue weighted by molar-refractivity contribution is 9.10. The molecule has 1 atom stereocenters. The number of ether oxygens (including phenoxy) is 1. The molecule has 2 heterocycles. The minimum Gasteiger partial charge on any atom is -0.444 e. The molecule has 0 saturated carbocycles. The molecule has 3 aromatic rings. The van der Waals surface area contributed by atoms with Gasteiger partial charge in [0, 0.05) is 23.6 Å². The number of piperidine rings is 1. The molecular formula is C24H29BrN4O2. The first kappa shape index (κ1) is 21.7. The van der Waals surface area contributed by atoms with Gasteiger partial charge in [-0.1, -0.05) is 40.2 Å². The number of rotatable bonds is 4. The highest BCUT2D eigenvalue weighted by atomic mass is 79.9. The molecule has 31 heavy (non-hydrogen) atoms. The van der Waals surface area contributed by atoms with Crippen LogP contribution in [0.25, 0.3) is 11.0 Å². The lowest BCUT2D eigenvalue weighted by Gasteiger charge is -2.34. The Labute approximate surface area is 191 Å². The van der Waals surface area contributed by atoms with Crippen molar-refractivity contribution in [2.24, 2.45) is 0 Å². The van der Waals surface area contributed by atoms with Crippen molar-refractivity contribution in [3.8, 4) is 0 Å². The van der Waals surface area contributed by atoms with Crippen LogP contribution in [0, 0.1) is 0 Å². The van der Waals surface area contributed by atoms with E-state index in [9.17, 15) is 4.79 Å². The van der Waals surface area contributed by atoms with E-state index in [1.165, 1.54) is 5.56 Å². The average Bonchev–Trinajstić information content (AvgIpc) is 3.07. The molecule has 0 spiro atoms. The lowest BCUT2D eigenvalue weighted by atomic mass is 10.1. The number of anilines is 1. The Morgan fingerprint density at radius 2 is 1.94 bits per heavy atom. The molecule has 1 aliphatic rings. The third-order valence-electron chi connectivity index (χ3n) is 5.31. The zero-order valence-electron chi connectivity index (χ0n) is 18.3. The quantitative estimate of drug-likeness (QED) is 0.542. The molecule has 1 aromatic heterocycles. The Kier molecular flexibility index (Phi) is 6.23. The van der Waals surface area contributed by atoms with Crippen molar-refractivity contribution >= 4 is 39.0 Å². The normalized spacial score (nSPS) is 17.0. The number of fused-ring (bicyclic) bond motifs is 1. The fourth-order valence-electron chi connectivity index (χ4n) is 3.98. The second-order valence-corrected chi connectivity index (χ2v) is 9.96. The number of benzene rings is 2. The van der Waals surface area contributed by atoms with Crippen LogP contribution in [0.2, 0.25) is 0 Å². The third kappa shape index (κ3) is 5.39. The van der Waals surface area contributed by atoms with E-state index in [4.69, 9.17) is 9.72 Å². The van der Waals surface area contributed by atoms with Crippen molar-refractivity contribution < 1.29 is 9.53 Å². The van der Waals surface area contributed by atoms with Crippen molar-refractivity contribution in [3.05, 3.63) is 58.6 Å². The number of nitrogens with one attached hydrogen (secondary N) is 1. The zero-order valence-corrected chi connectivity index (χ0v) is 19.9. The van der Waals surface area contributed by atoms with Crippen molar-refractivity contribution in [1.29, 1.82) is 0 Å². The molecule has 0 unspecified atom stereocenters. The molecule has 1 fully saturated rings. The van der Waals surface area contributed by atoms with Crippen molar-refractivity contribution in [2.75, 3.05) is 18.0 Å². The SMILES string of the molecule is CC(C)(C)OC(=O)N[C@@H]1CCCN(c2nc3ccccc3n2Cc2ccc(Br)cc2)C1. The maximum absolute atomic E-state index is 12.3. The van der Waals surface area contributed by atoms with Gasteiger partial charge < -0.3 is 19.5 Å². The van der Waals surface area contributed by atoms with E-state index in [1.807, 2.05) is 26.8 Å². The fraction of sp³-hybridized carbons (Fsp3) is 0.417. The van der Waals surface area contributed by atoms with Gasteiger partial charge in [0.1, 0.15) is 5.60 Å². The molecule has 0 aliphatic carbocycles. The van der Waals surface area contributed by atoms with Gasteiger partial charge in [0.2, 0.25) is 5.95 Å². The Balaban J connectivity index is 1.58. The summed E-state index contributed by atoms with van der Waals surface area (Å²) in [7, 11) is 0. The van der Waals surface area contributed by atoms with Crippen LogP contribution in [0.3, 0.4) is 0 Å². The molecule has 2 aromatic carbocycles. The van der Waals surface area contributed by atoms with E-state index < -0.39 is 5.60 Å². The molecule has 1 saturated heterocycles. The van der Waals surface area contributed by atoms with Gasteiger partial charge >= 0.3 is 6.09 Å². The van der Waals surface area contributed by atoms with Crippen LogP contribution >= 0.6 is 15.9 Å². The zero-order chi connectivity index (χ0) is 22.0. The van der Waals surface area contributed by atoms with E-state index in [0.29, 0.717) is 6.54 Å². The Morgan fingerprint density at radius 1 is 1.19 bits per heavy atom. The number of carbonyl (C=O) groups excluding carboxylic acids is 1. The summed E-state index contributed by atoms with van der Waals surface area (Å²) >= 11 is 3.51. The first-order valence-corrected chi connectivity index (χ1v) is 11.5. The molecule has 7 heteroatoms. The summed E-state index contributed by atoms with van der Waals surface area (Å²) in [6.07, 6.45) is 1.56. The van der Waals surface area contributed by atoms with Gasteiger partial charge in [0.15, 0.2) is 0 Å². The number of aromatic nitrogens is 2. The molecule has 6 nitrogen and oxygen atoms in total. The van der Waals surface area contributed by atoms with E-state index in [1.54, 1.807) is 0 Å². The van der Waals surface area contributed by atoms with E-state index in [0.717, 1.165) is 47.4 Å². The summed E-state index contributed by atoms with van der Waals surface area (Å²) in [5.74, 6) is 0.944. The second kappa shape index (κ2) is 8.91. The number of carbonyl (C=O) groups is 1. The number of alkyl carbamates (subject to hydrolysis) is 1. The summed E-state index contributed by atoms with van der Waals surface area (Å²) < 4.78 is 8.79. The summed E-state index contributed by atoms with van der Waals surface area (Å²) in [6, 6.07) is 16.7. The van der Waals surface area contributed by atoms with Crippen molar-refractivity contribution in [3.63, 3.8) is 0 Å². The van der Waals surface area contributed by atoms with Crippen LogP contribution in [-0.4, -0.2) is 40.4 Å². The minimum absolute atomic E-state index is 0.0320. The molecular weight excluding hydrogens is 456 g/mol. The molecule has 1 amide bonds. The summed E-state index contributed by atoms with van der Waals surface area (Å²) in [4.78, 5) is 19.5. The molecule has 1 N–H and O–H groups in total. The monoisotopic (exact) mass is 484 g/mol. The highest BCUT2D eigenvalue weighted by Crippen LogP contribution is 2.27. The first-order chi connectivity index (χ1) is 14.8. The maximum atomic E-state index is 12.3. The Morgan fingerprint density at radius 3 is 2.68 bits per heavy atom. The highest BCUT2D eigenvalue weighted by Gasteiger charge is 2.27. The number of nitrogens with zero attached hydrogens (tertiary/aromatic N) is 3. The number of hydrogen-bond donors (Lipinski definition) is 1. The number of imidazole rings is 1. The molecule has 0 bridgehead atoms. The predicted molar refractivity (Wildman–Crippen MR) is 128 cm³/mol. The smallest absolute Gasteiger partial charge is 0.407 e. The second-order valence-electron chi connectivity index (χ2n) is 9.04. The summed E-state index contributed by atoms with van der Waals surface area (Å²) in [5.41, 5.74) is 2.81. The summed E-state index contributed by atoms with van der Waals surface area (Å²) in [5, 5.41) is 3.04. The molecule has 164 valence electrons.